The van der Waals surface area contributed by atoms with Crippen LogP contribution in [0.5, 0.6) is 0 Å². The molecule has 64 heavy (non-hydrogen) atoms. The van der Waals surface area contributed by atoms with Crippen LogP contribution in [-0.2, 0) is 0 Å². The summed E-state index contributed by atoms with van der Waals surface area (Å²) in [5.41, 5.74) is 5.81. The minimum absolute atomic E-state index is 1.13. The van der Waals surface area contributed by atoms with E-state index in [1.807, 2.05) is 0 Å². The Balaban J connectivity index is 1.18. The first kappa shape index (κ1) is 35.2. The predicted octanol–water partition coefficient (Wildman–Crippen LogP) is 17.1. The van der Waals surface area contributed by atoms with Crippen LogP contribution in [0.4, 0.5) is 0 Å². The van der Waals surface area contributed by atoms with Gasteiger partial charge in [-0.3, -0.25) is 9.13 Å². The van der Waals surface area contributed by atoms with Gasteiger partial charge in [0.25, 0.3) is 0 Å². The van der Waals surface area contributed by atoms with Crippen LogP contribution < -0.4 is 0 Å². The Kier molecular flexibility index (Phi) is 7.43. The van der Waals surface area contributed by atoms with Crippen molar-refractivity contribution in [1.82, 2.24) is 9.13 Å². The van der Waals surface area contributed by atoms with Crippen LogP contribution in [0.3, 0.4) is 0 Å². The second kappa shape index (κ2) is 13.5. The van der Waals surface area contributed by atoms with Crippen molar-refractivity contribution in [2.24, 2.45) is 0 Å². The molecule has 2 heterocycles. The predicted molar refractivity (Wildman–Crippen MR) is 275 cm³/mol. The number of para-hydroxylation sites is 3. The molecule has 12 aromatic carbocycles. The van der Waals surface area contributed by atoms with E-state index in [9.17, 15) is 0 Å². The maximum atomic E-state index is 2.50. The van der Waals surface area contributed by atoms with Gasteiger partial charge in [0.1, 0.15) is 5.65 Å². The Bertz CT molecular complexity index is 4360. The molecule has 2 nitrogen and oxygen atoms in total. The standard InChI is InChI=1S/C62H38N2/c1-2-18-39(19-3-1)63-59-32-16-14-30-52(59)61-53-31-15-17-33-60(53)64(62(61)63)40-34-35-51-45-24-8-11-27-48(45)57-37-55-46-25-9-6-22-43(46)41-20-4-5-21-42(41)44-23-7-10-26-47(44)56(55)38-58(57)50-29-13-12-28-49(50)54(51)36-40/h1-38H. The van der Waals surface area contributed by atoms with Crippen LogP contribution >= 0.6 is 0 Å². The highest BCUT2D eigenvalue weighted by molar-refractivity contribution is 6.32. The van der Waals surface area contributed by atoms with Crippen LogP contribution in [0.25, 0.3) is 130 Å². The lowest BCUT2D eigenvalue weighted by atomic mass is 9.90. The first-order chi connectivity index (χ1) is 31.8. The molecule has 0 spiro atoms. The van der Waals surface area contributed by atoms with Gasteiger partial charge in [-0.1, -0.05) is 182 Å². The molecular weight excluding hydrogens is 773 g/mol. The summed E-state index contributed by atoms with van der Waals surface area (Å²) in [6, 6.07) is 85.7. The first-order valence-corrected chi connectivity index (χ1v) is 22.2. The lowest BCUT2D eigenvalue weighted by Gasteiger charge is -2.16. The third kappa shape index (κ3) is 4.91. The fourth-order valence-electron chi connectivity index (χ4n) is 11.2. The summed E-state index contributed by atoms with van der Waals surface area (Å²) in [5.74, 6) is 0. The van der Waals surface area contributed by atoms with Gasteiger partial charge in [0, 0.05) is 27.5 Å². The highest BCUT2D eigenvalue weighted by atomic mass is 15.1. The minimum Gasteiger partial charge on any atom is -0.295 e. The van der Waals surface area contributed by atoms with E-state index in [4.69, 9.17) is 0 Å². The molecule has 0 saturated carbocycles. The molecule has 0 atom stereocenters. The van der Waals surface area contributed by atoms with Gasteiger partial charge in [0.2, 0.25) is 0 Å². The minimum atomic E-state index is 1.13. The van der Waals surface area contributed by atoms with E-state index in [0.717, 1.165) is 17.0 Å². The van der Waals surface area contributed by atoms with Gasteiger partial charge in [-0.15, -0.1) is 0 Å². The molecule has 0 bridgehead atoms. The molecule has 296 valence electrons. The second-order valence-electron chi connectivity index (χ2n) is 17.1. The summed E-state index contributed by atoms with van der Waals surface area (Å²) in [6.45, 7) is 0. The number of rotatable bonds is 2. The van der Waals surface area contributed by atoms with Gasteiger partial charge < -0.3 is 0 Å². The molecule has 0 N–H and O–H groups in total. The number of hydrogen-bond acceptors (Lipinski definition) is 0. The fourth-order valence-corrected chi connectivity index (χ4v) is 11.2. The van der Waals surface area contributed by atoms with Gasteiger partial charge in [-0.25, -0.2) is 0 Å². The monoisotopic (exact) mass is 810 g/mol. The van der Waals surface area contributed by atoms with Crippen LogP contribution in [0.15, 0.2) is 231 Å². The number of benzene rings is 10. The van der Waals surface area contributed by atoms with Crippen LogP contribution in [0.2, 0.25) is 0 Å². The zero-order chi connectivity index (χ0) is 41.9. The molecular formula is C62H38N2. The molecule has 0 aliphatic heterocycles. The highest BCUT2D eigenvalue weighted by Crippen LogP contribution is 2.44. The molecule has 0 aliphatic rings. The van der Waals surface area contributed by atoms with E-state index >= 15 is 0 Å². The van der Waals surface area contributed by atoms with E-state index in [1.165, 1.54) is 113 Å². The molecule has 0 saturated heterocycles. The van der Waals surface area contributed by atoms with Crippen molar-refractivity contribution in [3.63, 3.8) is 0 Å². The zero-order valence-corrected chi connectivity index (χ0v) is 34.8. The molecule has 0 amide bonds. The largest absolute Gasteiger partial charge is 0.295 e. The van der Waals surface area contributed by atoms with Crippen LogP contribution in [0, 0.1) is 0 Å². The number of hydrogen-bond donors (Lipinski definition) is 0. The lowest BCUT2D eigenvalue weighted by molar-refractivity contribution is 1.07. The molecule has 0 fully saturated rings. The molecule has 2 heteroatoms. The summed E-state index contributed by atoms with van der Waals surface area (Å²) in [5, 5.41) is 23.6. The van der Waals surface area contributed by atoms with Crippen LogP contribution in [-0.4, -0.2) is 9.13 Å². The normalized spacial score (nSPS) is 12.1. The van der Waals surface area contributed by atoms with E-state index < -0.39 is 0 Å². The molecule has 14 aromatic rings. The number of fused-ring (bicyclic) bond motifs is 21. The number of aromatic nitrogens is 2. The Hall–Kier alpha value is -8.46. The first-order valence-electron chi connectivity index (χ1n) is 22.2. The lowest BCUT2D eigenvalue weighted by Crippen LogP contribution is -2.01. The van der Waals surface area contributed by atoms with Crippen molar-refractivity contribution < 1.29 is 0 Å². The Morgan fingerprint density at radius 2 is 0.469 bits per heavy atom. The molecule has 2 aromatic heterocycles. The van der Waals surface area contributed by atoms with Crippen molar-refractivity contribution in [1.29, 1.82) is 0 Å². The second-order valence-corrected chi connectivity index (χ2v) is 17.1. The van der Waals surface area contributed by atoms with Crippen molar-refractivity contribution in [2.75, 3.05) is 0 Å². The van der Waals surface area contributed by atoms with Gasteiger partial charge in [-0.2, -0.15) is 0 Å². The van der Waals surface area contributed by atoms with Crippen molar-refractivity contribution >= 4 is 119 Å². The maximum Gasteiger partial charge on any atom is 0.131 e. The smallest absolute Gasteiger partial charge is 0.131 e. The quantitative estimate of drug-likeness (QED) is 0.165. The zero-order valence-electron chi connectivity index (χ0n) is 34.8. The van der Waals surface area contributed by atoms with Crippen molar-refractivity contribution in [3.8, 4) is 11.4 Å². The van der Waals surface area contributed by atoms with Gasteiger partial charge in [-0.05, 0) is 135 Å². The molecule has 0 radical (unpaired) electrons. The van der Waals surface area contributed by atoms with E-state index in [-0.39, 0.29) is 0 Å². The summed E-state index contributed by atoms with van der Waals surface area (Å²) < 4.78 is 4.94. The van der Waals surface area contributed by atoms with Gasteiger partial charge in [0.15, 0.2) is 0 Å². The Morgan fingerprint density at radius 1 is 0.188 bits per heavy atom. The van der Waals surface area contributed by atoms with Gasteiger partial charge >= 0.3 is 0 Å². The summed E-state index contributed by atoms with van der Waals surface area (Å²) in [6.07, 6.45) is 0. The molecule has 0 unspecified atom stereocenters. The highest BCUT2D eigenvalue weighted by Gasteiger charge is 2.22. The molecule has 0 aliphatic carbocycles. The van der Waals surface area contributed by atoms with Crippen molar-refractivity contribution in [3.05, 3.63) is 231 Å². The van der Waals surface area contributed by atoms with E-state index in [1.54, 1.807) is 0 Å². The SMILES string of the molecule is c1ccc(-n2c3ccccc3c3c4ccccc4n(-c4ccc5c6ccccc6c6cc7c8ccccc8c8ccccc8c8ccccc8c7cc6c6ccccc6c5c4)c32)cc1. The Labute approximate surface area is 368 Å². The molecule has 14 rings (SSSR count). The average molecular weight is 811 g/mol. The maximum absolute atomic E-state index is 2.50. The van der Waals surface area contributed by atoms with E-state index in [2.05, 4.69) is 240 Å². The topological polar surface area (TPSA) is 9.86 Å². The fraction of sp³-hybridized carbons (Fsp3) is 0. The third-order valence-corrected chi connectivity index (χ3v) is 13.9. The van der Waals surface area contributed by atoms with Crippen LogP contribution in [0.1, 0.15) is 0 Å². The van der Waals surface area contributed by atoms with Crippen molar-refractivity contribution in [2.45, 2.75) is 0 Å². The average Bonchev–Trinajstić information content (AvgIpc) is 3.88. The summed E-state index contributed by atoms with van der Waals surface area (Å²) in [4.78, 5) is 0. The summed E-state index contributed by atoms with van der Waals surface area (Å²) >= 11 is 0. The number of nitrogens with zero attached hydrogens (tertiary/aromatic N) is 2. The van der Waals surface area contributed by atoms with Gasteiger partial charge in [0.05, 0.1) is 11.0 Å². The third-order valence-electron chi connectivity index (χ3n) is 13.9. The Morgan fingerprint density at radius 3 is 0.859 bits per heavy atom. The summed E-state index contributed by atoms with van der Waals surface area (Å²) in [7, 11) is 0. The van der Waals surface area contributed by atoms with E-state index in [0.29, 0.717) is 0 Å².